The second kappa shape index (κ2) is 5.70. The highest BCUT2D eigenvalue weighted by Gasteiger charge is 2.18. The van der Waals surface area contributed by atoms with Crippen LogP contribution in [0.25, 0.3) is 0 Å². The molecule has 0 aliphatic heterocycles. The van der Waals surface area contributed by atoms with Crippen LogP contribution in [0.4, 0.5) is 4.39 Å². The second-order valence-electron chi connectivity index (χ2n) is 3.68. The van der Waals surface area contributed by atoms with E-state index in [4.69, 9.17) is 15.2 Å². The Kier molecular flexibility index (Phi) is 4.55. The molecule has 16 heavy (non-hydrogen) atoms. The molecule has 0 saturated heterocycles. The summed E-state index contributed by atoms with van der Waals surface area (Å²) < 4.78 is 24.1. The number of hydrogen-bond acceptors (Lipinski definition) is 3. The van der Waals surface area contributed by atoms with Crippen LogP contribution in [-0.4, -0.2) is 20.8 Å². The van der Waals surface area contributed by atoms with Crippen LogP contribution in [0, 0.1) is 5.82 Å². The van der Waals surface area contributed by atoms with Gasteiger partial charge in [0.1, 0.15) is 0 Å². The third-order valence-electron chi connectivity index (χ3n) is 2.65. The number of ether oxygens (including phenoxy) is 2. The van der Waals surface area contributed by atoms with E-state index in [1.807, 2.05) is 6.92 Å². The maximum Gasteiger partial charge on any atom is 0.197 e. The summed E-state index contributed by atoms with van der Waals surface area (Å²) in [7, 11) is 2.92. The molecule has 0 radical (unpaired) electrons. The standard InChI is InChI=1S/C12H18FNO2/c1-8(6-7-14)9-4-5-10(15-2)12(16-3)11(9)13/h4-5,8H,6-7,14H2,1-3H3. The van der Waals surface area contributed by atoms with Gasteiger partial charge < -0.3 is 15.2 Å². The van der Waals surface area contributed by atoms with E-state index >= 15 is 0 Å². The molecule has 0 aliphatic carbocycles. The Balaban J connectivity index is 3.13. The summed E-state index contributed by atoms with van der Waals surface area (Å²) in [6, 6.07) is 3.43. The maximum absolute atomic E-state index is 14.0. The third kappa shape index (κ3) is 2.44. The number of methoxy groups -OCH3 is 2. The van der Waals surface area contributed by atoms with E-state index in [1.165, 1.54) is 14.2 Å². The van der Waals surface area contributed by atoms with Gasteiger partial charge in [-0.3, -0.25) is 0 Å². The first-order chi connectivity index (χ1) is 7.65. The normalized spacial score (nSPS) is 12.3. The molecule has 1 rings (SSSR count). The van der Waals surface area contributed by atoms with Crippen molar-refractivity contribution in [2.75, 3.05) is 20.8 Å². The van der Waals surface area contributed by atoms with Gasteiger partial charge in [-0.2, -0.15) is 0 Å². The van der Waals surface area contributed by atoms with Crippen molar-refractivity contribution in [1.82, 2.24) is 0 Å². The summed E-state index contributed by atoms with van der Waals surface area (Å²) in [4.78, 5) is 0. The predicted molar refractivity (Wildman–Crippen MR) is 61.6 cm³/mol. The quantitative estimate of drug-likeness (QED) is 0.839. The van der Waals surface area contributed by atoms with Gasteiger partial charge >= 0.3 is 0 Å². The van der Waals surface area contributed by atoms with Gasteiger partial charge in [0, 0.05) is 0 Å². The molecule has 0 fully saturated rings. The molecule has 0 bridgehead atoms. The van der Waals surface area contributed by atoms with Crippen LogP contribution in [0.3, 0.4) is 0 Å². The van der Waals surface area contributed by atoms with Gasteiger partial charge in [0.05, 0.1) is 14.2 Å². The fourth-order valence-electron chi connectivity index (χ4n) is 1.69. The van der Waals surface area contributed by atoms with E-state index in [-0.39, 0.29) is 17.5 Å². The number of hydrogen-bond donors (Lipinski definition) is 1. The van der Waals surface area contributed by atoms with E-state index in [1.54, 1.807) is 12.1 Å². The summed E-state index contributed by atoms with van der Waals surface area (Å²) in [5.41, 5.74) is 6.08. The van der Waals surface area contributed by atoms with Crippen LogP contribution in [-0.2, 0) is 0 Å². The minimum atomic E-state index is -0.359. The van der Waals surface area contributed by atoms with Crippen molar-refractivity contribution in [3.05, 3.63) is 23.5 Å². The molecule has 4 heteroatoms. The third-order valence-corrected chi connectivity index (χ3v) is 2.65. The van der Waals surface area contributed by atoms with E-state index in [9.17, 15) is 4.39 Å². The fourth-order valence-corrected chi connectivity index (χ4v) is 1.69. The number of nitrogens with two attached hydrogens (primary N) is 1. The van der Waals surface area contributed by atoms with Gasteiger partial charge in [-0.05, 0) is 30.5 Å². The van der Waals surface area contributed by atoms with Crippen molar-refractivity contribution in [2.24, 2.45) is 5.73 Å². The van der Waals surface area contributed by atoms with Crippen LogP contribution in [0.2, 0.25) is 0 Å². The average molecular weight is 227 g/mol. The molecule has 0 heterocycles. The van der Waals surface area contributed by atoms with Gasteiger partial charge in [0.25, 0.3) is 0 Å². The first kappa shape index (κ1) is 12.8. The van der Waals surface area contributed by atoms with Crippen LogP contribution in [0.15, 0.2) is 12.1 Å². The molecule has 1 aromatic rings. The number of benzene rings is 1. The Morgan fingerprint density at radius 3 is 2.50 bits per heavy atom. The lowest BCUT2D eigenvalue weighted by molar-refractivity contribution is 0.335. The molecule has 1 aromatic carbocycles. The van der Waals surface area contributed by atoms with E-state index in [0.717, 1.165) is 6.42 Å². The van der Waals surface area contributed by atoms with Crippen molar-refractivity contribution < 1.29 is 13.9 Å². The van der Waals surface area contributed by atoms with E-state index < -0.39 is 0 Å². The average Bonchev–Trinajstić information content (AvgIpc) is 2.28. The molecule has 0 spiro atoms. The summed E-state index contributed by atoms with van der Waals surface area (Å²) in [5, 5.41) is 0. The number of rotatable bonds is 5. The van der Waals surface area contributed by atoms with Crippen molar-refractivity contribution in [2.45, 2.75) is 19.3 Å². The van der Waals surface area contributed by atoms with Crippen LogP contribution < -0.4 is 15.2 Å². The molecule has 2 N–H and O–H groups in total. The summed E-state index contributed by atoms with van der Waals surface area (Å²) in [5.74, 6) is 0.278. The molecule has 90 valence electrons. The smallest absolute Gasteiger partial charge is 0.197 e. The Labute approximate surface area is 95.4 Å². The monoisotopic (exact) mass is 227 g/mol. The van der Waals surface area contributed by atoms with Gasteiger partial charge in [-0.25, -0.2) is 4.39 Å². The van der Waals surface area contributed by atoms with Crippen LogP contribution in [0.1, 0.15) is 24.8 Å². The molecule has 0 saturated carbocycles. The Bertz CT molecular complexity index is 355. The van der Waals surface area contributed by atoms with Crippen molar-refractivity contribution in [3.8, 4) is 11.5 Å². The lowest BCUT2D eigenvalue weighted by Gasteiger charge is -2.15. The zero-order valence-corrected chi connectivity index (χ0v) is 9.92. The Morgan fingerprint density at radius 2 is 2.00 bits per heavy atom. The molecule has 1 atom stereocenters. The molecular formula is C12H18FNO2. The molecule has 1 unspecified atom stereocenters. The highest BCUT2D eigenvalue weighted by atomic mass is 19.1. The molecule has 0 aromatic heterocycles. The highest BCUT2D eigenvalue weighted by Crippen LogP contribution is 2.35. The second-order valence-corrected chi connectivity index (χ2v) is 3.68. The topological polar surface area (TPSA) is 44.5 Å². The highest BCUT2D eigenvalue weighted by molar-refractivity contribution is 5.45. The minimum Gasteiger partial charge on any atom is -0.493 e. The SMILES string of the molecule is COc1ccc(C(C)CCN)c(F)c1OC. The number of halogens is 1. The zero-order chi connectivity index (χ0) is 12.1. The lowest BCUT2D eigenvalue weighted by atomic mass is 9.97. The Hall–Kier alpha value is -1.29. The first-order valence-electron chi connectivity index (χ1n) is 5.26. The predicted octanol–water partition coefficient (Wildman–Crippen LogP) is 2.30. The lowest BCUT2D eigenvalue weighted by Crippen LogP contribution is -2.07. The molecule has 0 aliphatic rings. The van der Waals surface area contributed by atoms with Crippen molar-refractivity contribution >= 4 is 0 Å². The summed E-state index contributed by atoms with van der Waals surface area (Å²) in [6.07, 6.45) is 0.742. The zero-order valence-electron chi connectivity index (χ0n) is 9.92. The van der Waals surface area contributed by atoms with Gasteiger partial charge in [0.2, 0.25) is 0 Å². The molecule has 3 nitrogen and oxygen atoms in total. The fraction of sp³-hybridized carbons (Fsp3) is 0.500. The first-order valence-corrected chi connectivity index (χ1v) is 5.26. The van der Waals surface area contributed by atoms with E-state index in [2.05, 4.69) is 0 Å². The van der Waals surface area contributed by atoms with Gasteiger partial charge in [-0.15, -0.1) is 0 Å². The molecule has 0 amide bonds. The largest absolute Gasteiger partial charge is 0.493 e. The summed E-state index contributed by atoms with van der Waals surface area (Å²) >= 11 is 0. The van der Waals surface area contributed by atoms with E-state index in [0.29, 0.717) is 17.9 Å². The maximum atomic E-state index is 14.0. The molecular weight excluding hydrogens is 209 g/mol. The minimum absolute atomic E-state index is 0.0739. The van der Waals surface area contributed by atoms with Gasteiger partial charge in [-0.1, -0.05) is 13.0 Å². The van der Waals surface area contributed by atoms with Crippen molar-refractivity contribution in [3.63, 3.8) is 0 Å². The summed E-state index contributed by atoms with van der Waals surface area (Å²) in [6.45, 7) is 2.48. The van der Waals surface area contributed by atoms with Crippen LogP contribution >= 0.6 is 0 Å². The van der Waals surface area contributed by atoms with Gasteiger partial charge in [0.15, 0.2) is 17.3 Å². The van der Waals surface area contributed by atoms with Crippen LogP contribution in [0.5, 0.6) is 11.5 Å². The van der Waals surface area contributed by atoms with Crippen molar-refractivity contribution in [1.29, 1.82) is 0 Å². The Morgan fingerprint density at radius 1 is 1.31 bits per heavy atom.